The Morgan fingerprint density at radius 1 is 1.11 bits per heavy atom. The zero-order valence-electron chi connectivity index (χ0n) is 19.4. The van der Waals surface area contributed by atoms with Crippen LogP contribution in [0.3, 0.4) is 0 Å². The molecular weight excluding hydrogens is 453 g/mol. The lowest BCUT2D eigenvalue weighted by atomic mass is 9.94. The number of aromatic nitrogens is 2. The summed E-state index contributed by atoms with van der Waals surface area (Å²) in [6.07, 6.45) is 4.30. The molecule has 9 heteroatoms. The van der Waals surface area contributed by atoms with Gasteiger partial charge in [-0.1, -0.05) is 30.8 Å². The van der Waals surface area contributed by atoms with E-state index in [1.807, 2.05) is 0 Å². The summed E-state index contributed by atoms with van der Waals surface area (Å²) in [5.41, 5.74) is 6.91. The first kappa shape index (κ1) is 24.5. The molecule has 6 nitrogen and oxygen atoms in total. The maximum Gasteiger partial charge on any atom is 0.148 e. The number of aliphatic imine (C=N–C) groups is 1. The van der Waals surface area contributed by atoms with Crippen LogP contribution in [0.25, 0.3) is 11.4 Å². The van der Waals surface area contributed by atoms with Gasteiger partial charge in [0.25, 0.3) is 0 Å². The molecule has 0 saturated carbocycles. The van der Waals surface area contributed by atoms with Crippen molar-refractivity contribution in [2.24, 2.45) is 10.9 Å². The molecule has 2 aromatic carbocycles. The van der Waals surface area contributed by atoms with Crippen LogP contribution < -0.4 is 16.4 Å². The molecular formula is C26H29F3N6. The van der Waals surface area contributed by atoms with Gasteiger partial charge in [0.2, 0.25) is 0 Å². The largest absolute Gasteiger partial charge is 0.383 e. The third-order valence-electron chi connectivity index (χ3n) is 6.22. The van der Waals surface area contributed by atoms with E-state index in [9.17, 15) is 13.2 Å². The molecule has 1 aromatic heterocycles. The lowest BCUT2D eigenvalue weighted by Gasteiger charge is -2.23. The molecule has 0 amide bonds. The highest BCUT2D eigenvalue weighted by molar-refractivity contribution is 5.86. The summed E-state index contributed by atoms with van der Waals surface area (Å²) in [7, 11) is 0. The second kappa shape index (κ2) is 11.2. The van der Waals surface area contributed by atoms with E-state index in [1.165, 1.54) is 30.5 Å². The first-order valence-electron chi connectivity index (χ1n) is 11.7. The Labute approximate surface area is 202 Å². The van der Waals surface area contributed by atoms with Crippen molar-refractivity contribution in [3.8, 4) is 11.4 Å². The van der Waals surface area contributed by atoms with Crippen LogP contribution in [0.5, 0.6) is 0 Å². The molecule has 0 unspecified atom stereocenters. The smallest absolute Gasteiger partial charge is 0.148 e. The Bertz CT molecular complexity index is 1190. The van der Waals surface area contributed by atoms with Crippen molar-refractivity contribution in [2.45, 2.75) is 32.4 Å². The molecule has 0 aliphatic carbocycles. The molecule has 0 bridgehead atoms. The summed E-state index contributed by atoms with van der Waals surface area (Å²) in [6.45, 7) is 6.42. The van der Waals surface area contributed by atoms with E-state index in [1.54, 1.807) is 22.8 Å². The Morgan fingerprint density at radius 3 is 2.51 bits per heavy atom. The zero-order valence-corrected chi connectivity index (χ0v) is 19.4. The highest BCUT2D eigenvalue weighted by Crippen LogP contribution is 2.30. The van der Waals surface area contributed by atoms with Crippen LogP contribution in [0.15, 0.2) is 59.9 Å². The Morgan fingerprint density at radius 2 is 1.80 bits per heavy atom. The molecule has 0 radical (unpaired) electrons. The van der Waals surface area contributed by atoms with Crippen LogP contribution in [0, 0.1) is 23.4 Å². The van der Waals surface area contributed by atoms with Crippen LogP contribution in [0.4, 0.5) is 19.0 Å². The van der Waals surface area contributed by atoms with Crippen molar-refractivity contribution >= 4 is 12.0 Å². The average Bonchev–Trinajstić information content (AvgIpc) is 3.16. The number of nitrogens with two attached hydrogens (primary N) is 1. The predicted molar refractivity (Wildman–Crippen MR) is 132 cm³/mol. The zero-order chi connectivity index (χ0) is 24.8. The molecule has 35 heavy (non-hydrogen) atoms. The van der Waals surface area contributed by atoms with Gasteiger partial charge in [-0.3, -0.25) is 0 Å². The van der Waals surface area contributed by atoms with Crippen molar-refractivity contribution in [3.05, 3.63) is 83.6 Å². The minimum atomic E-state index is -0.711. The van der Waals surface area contributed by atoms with Crippen molar-refractivity contribution in [1.82, 2.24) is 20.2 Å². The lowest BCUT2D eigenvalue weighted by molar-refractivity contribution is 0.339. The highest BCUT2D eigenvalue weighted by atomic mass is 19.1. The number of rotatable bonds is 9. The van der Waals surface area contributed by atoms with Gasteiger partial charge in [0.05, 0.1) is 11.8 Å². The number of benzene rings is 2. The van der Waals surface area contributed by atoms with Crippen molar-refractivity contribution in [3.63, 3.8) is 0 Å². The summed E-state index contributed by atoms with van der Waals surface area (Å²) < 4.78 is 44.7. The minimum absolute atomic E-state index is 0.124. The van der Waals surface area contributed by atoms with E-state index in [2.05, 4.69) is 27.2 Å². The van der Waals surface area contributed by atoms with E-state index in [0.29, 0.717) is 18.0 Å². The molecule has 1 fully saturated rings. The molecule has 4 rings (SSSR count). The highest BCUT2D eigenvalue weighted by Gasteiger charge is 2.22. The fourth-order valence-electron chi connectivity index (χ4n) is 4.21. The molecule has 3 aromatic rings. The Balaban J connectivity index is 1.56. The van der Waals surface area contributed by atoms with Crippen LogP contribution in [0.2, 0.25) is 0 Å². The molecule has 1 aliphatic rings. The number of anilines is 1. The summed E-state index contributed by atoms with van der Waals surface area (Å²) in [6, 6.07) is 10.1. The third kappa shape index (κ3) is 5.92. The number of nitrogens with one attached hydrogen (secondary N) is 2. The fourth-order valence-corrected chi connectivity index (χ4v) is 4.21. The monoisotopic (exact) mass is 482 g/mol. The number of piperidine rings is 1. The van der Waals surface area contributed by atoms with Gasteiger partial charge in [-0.15, -0.1) is 0 Å². The van der Waals surface area contributed by atoms with E-state index >= 15 is 0 Å². The van der Waals surface area contributed by atoms with Crippen LogP contribution in [-0.2, 0) is 13.1 Å². The quantitative estimate of drug-likeness (QED) is 0.389. The number of halogens is 3. The van der Waals surface area contributed by atoms with Gasteiger partial charge in [-0.25, -0.2) is 23.1 Å². The summed E-state index contributed by atoms with van der Waals surface area (Å²) in [5, 5.41) is 6.27. The molecule has 0 atom stereocenters. The lowest BCUT2D eigenvalue weighted by Crippen LogP contribution is -2.28. The molecule has 1 saturated heterocycles. The standard InChI is InChI=1S/C26H29F3N6/c1-17(32-15-19-5-2-3-6-20(19)27)33-16-23-25(30)35(14-11-18-9-12-31-13-10-18)26(34-23)24-21(28)7-4-8-22(24)29/h2-8,16,18,31-32H,1,9-15,30H2/b33-16-. The maximum absolute atomic E-state index is 14.6. The molecule has 0 spiro atoms. The third-order valence-corrected chi connectivity index (χ3v) is 6.22. The topological polar surface area (TPSA) is 80.3 Å². The number of imidazole rings is 1. The average molecular weight is 483 g/mol. The summed E-state index contributed by atoms with van der Waals surface area (Å²) >= 11 is 0. The van der Waals surface area contributed by atoms with E-state index in [-0.39, 0.29) is 41.1 Å². The van der Waals surface area contributed by atoms with E-state index < -0.39 is 11.6 Å². The van der Waals surface area contributed by atoms with Crippen molar-refractivity contribution in [1.29, 1.82) is 0 Å². The normalized spacial score (nSPS) is 14.5. The molecule has 4 N–H and O–H groups in total. The first-order chi connectivity index (χ1) is 16.9. The molecule has 2 heterocycles. The summed E-state index contributed by atoms with van der Waals surface area (Å²) in [4.78, 5) is 8.68. The van der Waals surface area contributed by atoms with E-state index in [0.717, 1.165) is 32.4 Å². The van der Waals surface area contributed by atoms with E-state index in [4.69, 9.17) is 5.73 Å². The van der Waals surface area contributed by atoms with Gasteiger partial charge in [0.1, 0.15) is 40.6 Å². The van der Waals surface area contributed by atoms with Gasteiger partial charge in [-0.2, -0.15) is 0 Å². The van der Waals surface area contributed by atoms with Gasteiger partial charge in [0, 0.05) is 18.7 Å². The Kier molecular flexibility index (Phi) is 7.87. The van der Waals surface area contributed by atoms with Crippen LogP contribution in [0.1, 0.15) is 30.5 Å². The van der Waals surface area contributed by atoms with Gasteiger partial charge >= 0.3 is 0 Å². The van der Waals surface area contributed by atoms with Gasteiger partial charge in [0.15, 0.2) is 0 Å². The first-order valence-corrected chi connectivity index (χ1v) is 11.7. The van der Waals surface area contributed by atoms with Crippen LogP contribution in [-0.4, -0.2) is 28.9 Å². The van der Waals surface area contributed by atoms with Crippen molar-refractivity contribution in [2.75, 3.05) is 18.8 Å². The number of hydrogen-bond acceptors (Lipinski definition) is 5. The second-order valence-corrected chi connectivity index (χ2v) is 8.59. The molecule has 184 valence electrons. The second-order valence-electron chi connectivity index (χ2n) is 8.59. The maximum atomic E-state index is 14.6. The number of hydrogen-bond donors (Lipinski definition) is 3. The molecule has 1 aliphatic heterocycles. The SMILES string of the molecule is C=C(/N=C\c1nc(-c2c(F)cccc2F)n(CCC2CCNCC2)c1N)NCc1ccccc1F. The van der Waals surface area contributed by atoms with Crippen LogP contribution >= 0.6 is 0 Å². The van der Waals surface area contributed by atoms with Gasteiger partial charge < -0.3 is 20.9 Å². The van der Waals surface area contributed by atoms with Gasteiger partial charge in [-0.05, 0) is 56.5 Å². The Hall–Kier alpha value is -3.59. The number of nitrogen functional groups attached to an aromatic ring is 1. The summed E-state index contributed by atoms with van der Waals surface area (Å²) in [5.74, 6) is -0.591. The fraction of sp³-hybridized carbons (Fsp3) is 0.308. The minimum Gasteiger partial charge on any atom is -0.383 e. The number of nitrogens with zero attached hydrogens (tertiary/aromatic N) is 3. The van der Waals surface area contributed by atoms with Crippen molar-refractivity contribution < 1.29 is 13.2 Å². The predicted octanol–water partition coefficient (Wildman–Crippen LogP) is 4.62.